The third kappa shape index (κ3) is 2.92. The minimum atomic E-state index is 0.747. The summed E-state index contributed by atoms with van der Waals surface area (Å²) in [6.45, 7) is 6.86. The predicted octanol–water partition coefficient (Wildman–Crippen LogP) is 5.33. The molecule has 3 rings (SSSR count). The number of allylic oxidation sites excluding steroid dienone is 1. The number of ether oxygens (including phenoxy) is 1. The van der Waals surface area contributed by atoms with E-state index in [2.05, 4.69) is 30.8 Å². The van der Waals surface area contributed by atoms with Crippen molar-refractivity contribution in [3.8, 4) is 5.75 Å². The van der Waals surface area contributed by atoms with Gasteiger partial charge >= 0.3 is 0 Å². The Bertz CT molecular complexity index is 443. The van der Waals surface area contributed by atoms with Crippen molar-refractivity contribution < 1.29 is 4.74 Å². The molecule has 108 valence electrons. The predicted molar refractivity (Wildman–Crippen MR) is 84.2 cm³/mol. The number of benzene rings is 1. The molecular formula is C19H26O. The lowest BCUT2D eigenvalue weighted by atomic mass is 9.66. The van der Waals surface area contributed by atoms with Gasteiger partial charge in [-0.05, 0) is 80.9 Å². The SMILES string of the molecule is C=C1CC(C2CCC(c3ccc(OCC)cc3)CC2)C1. The van der Waals surface area contributed by atoms with Crippen LogP contribution < -0.4 is 4.74 Å². The molecule has 0 saturated heterocycles. The summed E-state index contributed by atoms with van der Waals surface area (Å²) in [5.74, 6) is 3.70. The number of hydrogen-bond acceptors (Lipinski definition) is 1. The van der Waals surface area contributed by atoms with Gasteiger partial charge in [0.1, 0.15) is 5.75 Å². The summed E-state index contributed by atoms with van der Waals surface area (Å²) in [5, 5.41) is 0. The van der Waals surface area contributed by atoms with Crippen LogP contribution in [0.1, 0.15) is 56.9 Å². The van der Waals surface area contributed by atoms with Crippen molar-refractivity contribution in [3.63, 3.8) is 0 Å². The first-order valence-electron chi connectivity index (χ1n) is 8.15. The average molecular weight is 270 g/mol. The number of rotatable bonds is 4. The van der Waals surface area contributed by atoms with Gasteiger partial charge in [-0.2, -0.15) is 0 Å². The van der Waals surface area contributed by atoms with E-state index in [0.717, 1.165) is 30.1 Å². The molecule has 2 aliphatic carbocycles. The van der Waals surface area contributed by atoms with Crippen LogP contribution in [0.25, 0.3) is 0 Å². The number of hydrogen-bond donors (Lipinski definition) is 0. The zero-order valence-electron chi connectivity index (χ0n) is 12.6. The second kappa shape index (κ2) is 6.03. The highest BCUT2D eigenvalue weighted by Crippen LogP contribution is 2.46. The second-order valence-electron chi connectivity index (χ2n) is 6.53. The van der Waals surface area contributed by atoms with Crippen LogP contribution in [0.4, 0.5) is 0 Å². The molecule has 20 heavy (non-hydrogen) atoms. The molecule has 0 heterocycles. The van der Waals surface area contributed by atoms with Crippen LogP contribution >= 0.6 is 0 Å². The molecule has 0 spiro atoms. The Morgan fingerprint density at radius 2 is 1.65 bits per heavy atom. The Morgan fingerprint density at radius 1 is 1.00 bits per heavy atom. The summed E-state index contributed by atoms with van der Waals surface area (Å²) in [4.78, 5) is 0. The summed E-state index contributed by atoms with van der Waals surface area (Å²) in [6, 6.07) is 8.78. The molecular weight excluding hydrogens is 244 g/mol. The van der Waals surface area contributed by atoms with E-state index in [1.165, 1.54) is 49.7 Å². The van der Waals surface area contributed by atoms with Crippen LogP contribution in [0.15, 0.2) is 36.4 Å². The van der Waals surface area contributed by atoms with Crippen molar-refractivity contribution in [1.29, 1.82) is 0 Å². The molecule has 0 unspecified atom stereocenters. The van der Waals surface area contributed by atoms with Gasteiger partial charge in [-0.3, -0.25) is 0 Å². The van der Waals surface area contributed by atoms with Gasteiger partial charge in [0, 0.05) is 0 Å². The molecule has 0 aromatic heterocycles. The molecule has 0 aliphatic heterocycles. The van der Waals surface area contributed by atoms with Crippen molar-refractivity contribution >= 4 is 0 Å². The Morgan fingerprint density at radius 3 is 2.20 bits per heavy atom. The summed E-state index contributed by atoms with van der Waals surface area (Å²) >= 11 is 0. The lowest BCUT2D eigenvalue weighted by molar-refractivity contribution is 0.195. The smallest absolute Gasteiger partial charge is 0.119 e. The molecule has 0 bridgehead atoms. The quantitative estimate of drug-likeness (QED) is 0.672. The molecule has 1 heteroatoms. The second-order valence-corrected chi connectivity index (χ2v) is 6.53. The topological polar surface area (TPSA) is 9.23 Å². The maximum atomic E-state index is 5.52. The van der Waals surface area contributed by atoms with Gasteiger partial charge in [-0.15, -0.1) is 0 Å². The molecule has 0 amide bonds. The first-order valence-corrected chi connectivity index (χ1v) is 8.15. The standard InChI is InChI=1S/C19H26O/c1-3-20-19-10-8-16(9-11-19)15-4-6-17(7-5-15)18-12-14(2)13-18/h8-11,15,17-18H,2-7,12-13H2,1H3. The summed E-state index contributed by atoms with van der Waals surface area (Å²) in [6.07, 6.45) is 8.16. The average Bonchev–Trinajstić information content (AvgIpc) is 2.46. The van der Waals surface area contributed by atoms with Gasteiger partial charge < -0.3 is 4.74 Å². The Labute approximate surface area is 123 Å². The van der Waals surface area contributed by atoms with E-state index >= 15 is 0 Å². The van der Waals surface area contributed by atoms with Crippen LogP contribution in [0.5, 0.6) is 5.75 Å². The van der Waals surface area contributed by atoms with Crippen LogP contribution in [0, 0.1) is 11.8 Å². The first kappa shape index (κ1) is 13.7. The molecule has 0 N–H and O–H groups in total. The van der Waals surface area contributed by atoms with Gasteiger partial charge in [-0.25, -0.2) is 0 Å². The van der Waals surface area contributed by atoms with E-state index in [-0.39, 0.29) is 0 Å². The highest BCUT2D eigenvalue weighted by atomic mass is 16.5. The Kier molecular flexibility index (Phi) is 4.14. The van der Waals surface area contributed by atoms with E-state index in [1.807, 2.05) is 6.92 Å². The maximum Gasteiger partial charge on any atom is 0.119 e. The molecule has 1 nitrogen and oxygen atoms in total. The lowest BCUT2D eigenvalue weighted by Gasteiger charge is -2.39. The van der Waals surface area contributed by atoms with Crippen molar-refractivity contribution in [2.75, 3.05) is 6.61 Å². The maximum absolute atomic E-state index is 5.52. The highest BCUT2D eigenvalue weighted by molar-refractivity contribution is 5.29. The van der Waals surface area contributed by atoms with Gasteiger partial charge in [0.05, 0.1) is 6.61 Å². The monoisotopic (exact) mass is 270 g/mol. The van der Waals surface area contributed by atoms with E-state index in [1.54, 1.807) is 0 Å². The molecule has 1 aromatic carbocycles. The third-order valence-corrected chi connectivity index (χ3v) is 5.20. The first-order chi connectivity index (χ1) is 9.76. The summed E-state index contributed by atoms with van der Waals surface area (Å²) in [7, 11) is 0. The van der Waals surface area contributed by atoms with Gasteiger partial charge in [0.2, 0.25) is 0 Å². The normalized spacial score (nSPS) is 27.1. The zero-order valence-corrected chi connectivity index (χ0v) is 12.6. The fraction of sp³-hybridized carbons (Fsp3) is 0.579. The molecule has 2 aliphatic rings. The van der Waals surface area contributed by atoms with Crippen LogP contribution in [0.3, 0.4) is 0 Å². The van der Waals surface area contributed by atoms with E-state index in [9.17, 15) is 0 Å². The molecule has 1 aromatic rings. The van der Waals surface area contributed by atoms with Gasteiger partial charge in [-0.1, -0.05) is 24.3 Å². The van der Waals surface area contributed by atoms with Crippen molar-refractivity contribution in [1.82, 2.24) is 0 Å². The fourth-order valence-electron chi connectivity index (χ4n) is 3.94. The minimum Gasteiger partial charge on any atom is -0.494 e. The third-order valence-electron chi connectivity index (χ3n) is 5.20. The molecule has 2 saturated carbocycles. The van der Waals surface area contributed by atoms with Gasteiger partial charge in [0.25, 0.3) is 0 Å². The molecule has 0 atom stereocenters. The minimum absolute atomic E-state index is 0.747. The van der Waals surface area contributed by atoms with E-state index in [0.29, 0.717) is 0 Å². The van der Waals surface area contributed by atoms with Crippen LogP contribution in [0.2, 0.25) is 0 Å². The largest absolute Gasteiger partial charge is 0.494 e. The van der Waals surface area contributed by atoms with E-state index < -0.39 is 0 Å². The van der Waals surface area contributed by atoms with Crippen molar-refractivity contribution in [3.05, 3.63) is 42.0 Å². The molecule has 2 fully saturated rings. The Balaban J connectivity index is 1.53. The van der Waals surface area contributed by atoms with Crippen LogP contribution in [-0.2, 0) is 0 Å². The van der Waals surface area contributed by atoms with Crippen molar-refractivity contribution in [2.24, 2.45) is 11.8 Å². The highest BCUT2D eigenvalue weighted by Gasteiger charge is 2.33. The van der Waals surface area contributed by atoms with Crippen LogP contribution in [-0.4, -0.2) is 6.61 Å². The lowest BCUT2D eigenvalue weighted by Crippen LogP contribution is -2.27. The van der Waals surface area contributed by atoms with E-state index in [4.69, 9.17) is 4.74 Å². The summed E-state index contributed by atoms with van der Waals surface area (Å²) in [5.41, 5.74) is 2.98. The van der Waals surface area contributed by atoms with Crippen molar-refractivity contribution in [2.45, 2.75) is 51.4 Å². The Hall–Kier alpha value is -1.24. The van der Waals surface area contributed by atoms with Gasteiger partial charge in [0.15, 0.2) is 0 Å². The summed E-state index contributed by atoms with van der Waals surface area (Å²) < 4.78 is 5.52. The molecule has 0 radical (unpaired) electrons. The zero-order chi connectivity index (χ0) is 13.9. The fourth-order valence-corrected chi connectivity index (χ4v) is 3.94.